The number of carbonyl (C=O) groups excluding carboxylic acids is 2. The number of nitrogens with zero attached hydrogens (tertiary/aromatic N) is 2. The molecule has 6 heteroatoms. The Kier molecular flexibility index (Phi) is 5.65. The van der Waals surface area contributed by atoms with Crippen LogP contribution in [0.2, 0.25) is 0 Å². The van der Waals surface area contributed by atoms with Crippen molar-refractivity contribution >= 4 is 11.9 Å². The van der Waals surface area contributed by atoms with Crippen molar-refractivity contribution in [1.29, 1.82) is 0 Å². The lowest BCUT2D eigenvalue weighted by Gasteiger charge is -2.08. The van der Waals surface area contributed by atoms with E-state index in [1.54, 1.807) is 10.9 Å². The summed E-state index contributed by atoms with van der Waals surface area (Å²) in [5.74, 6) is -0.279. The van der Waals surface area contributed by atoms with Crippen LogP contribution in [0.3, 0.4) is 0 Å². The molecule has 1 aromatic heterocycles. The summed E-state index contributed by atoms with van der Waals surface area (Å²) < 4.78 is 6.89. The Labute approximate surface area is 175 Å². The number of carbonyl (C=O) groups is 2. The smallest absolute Gasteiger partial charge is 0.325 e. The van der Waals surface area contributed by atoms with Crippen molar-refractivity contribution in [1.82, 2.24) is 15.1 Å². The highest BCUT2D eigenvalue weighted by Gasteiger charge is 2.24. The van der Waals surface area contributed by atoms with Gasteiger partial charge in [0.05, 0.1) is 17.9 Å². The molecule has 1 amide bonds. The van der Waals surface area contributed by atoms with Crippen LogP contribution in [0.25, 0.3) is 16.9 Å². The first-order chi connectivity index (χ1) is 14.5. The van der Waals surface area contributed by atoms with Gasteiger partial charge in [-0.15, -0.1) is 0 Å². The van der Waals surface area contributed by atoms with E-state index in [2.05, 4.69) is 11.4 Å². The van der Waals surface area contributed by atoms with Gasteiger partial charge in [0.1, 0.15) is 12.2 Å². The summed E-state index contributed by atoms with van der Waals surface area (Å²) >= 11 is 0. The minimum absolute atomic E-state index is 0.158. The van der Waals surface area contributed by atoms with Crippen LogP contribution in [0.1, 0.15) is 34.3 Å². The number of benzene rings is 2. The SMILES string of the molecule is Cc1ccc(-c2nn(-c3ccccc3)cc2C(=O)NCC(=O)OCC2CC2)c(C)c1. The van der Waals surface area contributed by atoms with Gasteiger partial charge >= 0.3 is 5.97 Å². The maximum Gasteiger partial charge on any atom is 0.325 e. The zero-order valence-corrected chi connectivity index (χ0v) is 17.2. The molecule has 3 aromatic rings. The molecule has 0 spiro atoms. The summed E-state index contributed by atoms with van der Waals surface area (Å²) in [4.78, 5) is 24.9. The van der Waals surface area contributed by atoms with Crippen molar-refractivity contribution in [2.45, 2.75) is 26.7 Å². The van der Waals surface area contributed by atoms with E-state index < -0.39 is 5.97 Å². The monoisotopic (exact) mass is 403 g/mol. The maximum atomic E-state index is 12.9. The molecule has 2 aromatic carbocycles. The van der Waals surface area contributed by atoms with Gasteiger partial charge in [0.2, 0.25) is 0 Å². The molecule has 4 rings (SSSR count). The minimum Gasteiger partial charge on any atom is -0.464 e. The van der Waals surface area contributed by atoms with Crippen LogP contribution in [0.4, 0.5) is 0 Å². The van der Waals surface area contributed by atoms with Gasteiger partial charge in [0, 0.05) is 11.8 Å². The standard InChI is InChI=1S/C24H25N3O3/c1-16-8-11-20(17(2)12-16)23-21(14-27(26-23)19-6-4-3-5-7-19)24(29)25-13-22(28)30-15-18-9-10-18/h3-8,11-12,14,18H,9-10,13,15H2,1-2H3,(H,25,29). The first-order valence-corrected chi connectivity index (χ1v) is 10.2. The third-order valence-corrected chi connectivity index (χ3v) is 5.19. The van der Waals surface area contributed by atoms with Gasteiger partial charge in [-0.1, -0.05) is 42.0 Å². The van der Waals surface area contributed by atoms with Crippen LogP contribution in [-0.2, 0) is 9.53 Å². The number of rotatable bonds is 7. The molecule has 0 aliphatic heterocycles. The summed E-state index contributed by atoms with van der Waals surface area (Å²) in [7, 11) is 0. The fourth-order valence-corrected chi connectivity index (χ4v) is 3.33. The number of para-hydroxylation sites is 1. The van der Waals surface area contributed by atoms with Crippen molar-refractivity contribution in [3.05, 3.63) is 71.4 Å². The van der Waals surface area contributed by atoms with Gasteiger partial charge in [0.25, 0.3) is 5.91 Å². The molecule has 30 heavy (non-hydrogen) atoms. The number of aromatic nitrogens is 2. The fourth-order valence-electron chi connectivity index (χ4n) is 3.33. The van der Waals surface area contributed by atoms with Gasteiger partial charge in [-0.25, -0.2) is 4.68 Å². The molecule has 0 radical (unpaired) electrons. The molecule has 0 saturated heterocycles. The number of hydrogen-bond donors (Lipinski definition) is 1. The lowest BCUT2D eigenvalue weighted by atomic mass is 10.0. The van der Waals surface area contributed by atoms with Crippen LogP contribution in [0.15, 0.2) is 54.7 Å². The third-order valence-electron chi connectivity index (χ3n) is 5.19. The van der Waals surface area contributed by atoms with Crippen molar-refractivity contribution in [2.75, 3.05) is 13.2 Å². The molecule has 1 fully saturated rings. The number of hydrogen-bond acceptors (Lipinski definition) is 4. The average molecular weight is 403 g/mol. The van der Waals surface area contributed by atoms with Gasteiger partial charge in [-0.3, -0.25) is 9.59 Å². The van der Waals surface area contributed by atoms with Crippen LogP contribution >= 0.6 is 0 Å². The van der Waals surface area contributed by atoms with E-state index in [1.807, 2.05) is 56.3 Å². The number of amides is 1. The normalized spacial score (nSPS) is 13.1. The van der Waals surface area contributed by atoms with Gasteiger partial charge in [0.15, 0.2) is 0 Å². The second-order valence-corrected chi connectivity index (χ2v) is 7.80. The first kappa shape index (κ1) is 19.9. The highest BCUT2D eigenvalue weighted by Crippen LogP contribution is 2.29. The number of nitrogens with one attached hydrogen (secondary N) is 1. The summed E-state index contributed by atoms with van der Waals surface area (Å²) in [5.41, 5.74) is 4.92. The first-order valence-electron chi connectivity index (χ1n) is 10.2. The molecular weight excluding hydrogens is 378 g/mol. The van der Waals surface area contributed by atoms with Crippen LogP contribution < -0.4 is 5.32 Å². The Morgan fingerprint density at radius 3 is 2.60 bits per heavy atom. The predicted molar refractivity (Wildman–Crippen MR) is 114 cm³/mol. The summed E-state index contributed by atoms with van der Waals surface area (Å²) in [6, 6.07) is 15.7. The molecule has 0 atom stereocenters. The van der Waals surface area contributed by atoms with E-state index in [0.29, 0.717) is 23.8 Å². The second kappa shape index (κ2) is 8.53. The maximum absolute atomic E-state index is 12.9. The highest BCUT2D eigenvalue weighted by molar-refractivity contribution is 6.01. The van der Waals surface area contributed by atoms with E-state index in [4.69, 9.17) is 9.84 Å². The predicted octanol–water partition coefficient (Wildman–Crippen LogP) is 3.84. The highest BCUT2D eigenvalue weighted by atomic mass is 16.5. The van der Waals surface area contributed by atoms with Crippen molar-refractivity contribution in [3.8, 4) is 16.9 Å². The van der Waals surface area contributed by atoms with Crippen LogP contribution in [-0.4, -0.2) is 34.8 Å². The van der Waals surface area contributed by atoms with Crippen LogP contribution in [0, 0.1) is 19.8 Å². The van der Waals surface area contributed by atoms with E-state index in [9.17, 15) is 9.59 Å². The lowest BCUT2D eigenvalue weighted by Crippen LogP contribution is -2.31. The topological polar surface area (TPSA) is 73.2 Å². The Morgan fingerprint density at radius 1 is 1.13 bits per heavy atom. The fraction of sp³-hybridized carbons (Fsp3) is 0.292. The van der Waals surface area contributed by atoms with E-state index >= 15 is 0 Å². The van der Waals surface area contributed by atoms with E-state index in [0.717, 1.165) is 35.2 Å². The molecule has 0 bridgehead atoms. The minimum atomic E-state index is -0.418. The molecule has 1 aliphatic rings. The van der Waals surface area contributed by atoms with Crippen molar-refractivity contribution < 1.29 is 14.3 Å². The van der Waals surface area contributed by atoms with E-state index in [-0.39, 0.29) is 12.5 Å². The zero-order valence-electron chi connectivity index (χ0n) is 17.2. The number of aryl methyl sites for hydroxylation is 2. The average Bonchev–Trinajstić information content (AvgIpc) is 3.48. The number of esters is 1. The van der Waals surface area contributed by atoms with Gasteiger partial charge < -0.3 is 10.1 Å². The Balaban J connectivity index is 1.60. The second-order valence-electron chi connectivity index (χ2n) is 7.80. The molecule has 1 saturated carbocycles. The molecule has 1 aliphatic carbocycles. The number of ether oxygens (including phenoxy) is 1. The summed E-state index contributed by atoms with van der Waals surface area (Å²) in [6.45, 7) is 4.31. The summed E-state index contributed by atoms with van der Waals surface area (Å²) in [6.07, 6.45) is 3.92. The van der Waals surface area contributed by atoms with Crippen molar-refractivity contribution in [3.63, 3.8) is 0 Å². The quantitative estimate of drug-likeness (QED) is 0.609. The Bertz CT molecular complexity index is 1070. The third kappa shape index (κ3) is 4.59. The van der Waals surface area contributed by atoms with Gasteiger partial charge in [-0.05, 0) is 50.3 Å². The molecule has 0 unspecified atom stereocenters. The Hall–Kier alpha value is -3.41. The lowest BCUT2D eigenvalue weighted by molar-refractivity contribution is -0.142. The molecule has 6 nitrogen and oxygen atoms in total. The summed E-state index contributed by atoms with van der Waals surface area (Å²) in [5, 5.41) is 7.38. The van der Waals surface area contributed by atoms with E-state index in [1.165, 1.54) is 0 Å². The largest absolute Gasteiger partial charge is 0.464 e. The van der Waals surface area contributed by atoms with Crippen molar-refractivity contribution in [2.24, 2.45) is 5.92 Å². The molecule has 1 heterocycles. The van der Waals surface area contributed by atoms with Crippen LogP contribution in [0.5, 0.6) is 0 Å². The zero-order chi connectivity index (χ0) is 21.1. The Morgan fingerprint density at radius 2 is 1.90 bits per heavy atom. The molecule has 1 N–H and O–H groups in total. The molecule has 154 valence electrons. The molecular formula is C24H25N3O3. The van der Waals surface area contributed by atoms with Gasteiger partial charge in [-0.2, -0.15) is 5.10 Å².